The third kappa shape index (κ3) is 11.8. The van der Waals surface area contributed by atoms with Gasteiger partial charge in [-0.1, -0.05) is 18.6 Å². The number of halogens is 3. The van der Waals surface area contributed by atoms with E-state index in [0.717, 1.165) is 51.0 Å². The third-order valence-electron chi connectivity index (χ3n) is 4.33. The lowest BCUT2D eigenvalue weighted by Gasteiger charge is -2.15. The lowest BCUT2D eigenvalue weighted by atomic mass is 10.0. The maximum absolute atomic E-state index is 12.6. The smallest absolute Gasteiger partial charge is 0.416 e. The van der Waals surface area contributed by atoms with Gasteiger partial charge >= 0.3 is 12.1 Å². The summed E-state index contributed by atoms with van der Waals surface area (Å²) in [5.74, 6) is -1.01. The molecule has 0 bridgehead atoms. The number of benzene rings is 1. The van der Waals surface area contributed by atoms with Crippen LogP contribution < -0.4 is 16.0 Å². The molecule has 0 radical (unpaired) electrons. The molecule has 1 aromatic carbocycles. The van der Waals surface area contributed by atoms with E-state index in [0.29, 0.717) is 25.4 Å². The minimum absolute atomic E-state index is 0.143. The SMILES string of the molecule is CCOCNCCNCCCCCNC(Cc1ccc(C(F)(F)F)cc1)C(=O)O. The summed E-state index contributed by atoms with van der Waals surface area (Å²) in [5, 5.41) is 18.8. The summed E-state index contributed by atoms with van der Waals surface area (Å²) in [6.07, 6.45) is -1.47. The van der Waals surface area contributed by atoms with Gasteiger partial charge in [-0.3, -0.25) is 10.1 Å². The molecular formula is C20H32F3N3O3. The van der Waals surface area contributed by atoms with Crippen molar-refractivity contribution in [2.24, 2.45) is 0 Å². The van der Waals surface area contributed by atoms with Gasteiger partial charge in [-0.2, -0.15) is 13.2 Å². The van der Waals surface area contributed by atoms with Gasteiger partial charge in [0.15, 0.2) is 0 Å². The molecule has 6 nitrogen and oxygen atoms in total. The van der Waals surface area contributed by atoms with Crippen molar-refractivity contribution in [3.8, 4) is 0 Å². The zero-order chi connectivity index (χ0) is 21.5. The van der Waals surface area contributed by atoms with Gasteiger partial charge in [0, 0.05) is 19.7 Å². The molecule has 9 heteroatoms. The van der Waals surface area contributed by atoms with Crippen molar-refractivity contribution in [1.29, 1.82) is 0 Å². The number of carboxylic acids is 1. The Balaban J connectivity index is 2.16. The van der Waals surface area contributed by atoms with Crippen molar-refractivity contribution in [2.45, 2.75) is 44.8 Å². The van der Waals surface area contributed by atoms with Crippen LogP contribution in [0.1, 0.15) is 37.3 Å². The van der Waals surface area contributed by atoms with E-state index in [1.54, 1.807) is 0 Å². The molecule has 0 saturated carbocycles. The molecule has 0 saturated heterocycles. The fraction of sp³-hybridized carbons (Fsp3) is 0.650. The molecule has 1 rings (SSSR count). The molecule has 166 valence electrons. The van der Waals surface area contributed by atoms with Crippen LogP contribution in [0, 0.1) is 0 Å². The number of rotatable bonds is 16. The molecule has 29 heavy (non-hydrogen) atoms. The van der Waals surface area contributed by atoms with E-state index < -0.39 is 23.8 Å². The van der Waals surface area contributed by atoms with E-state index in [4.69, 9.17) is 4.74 Å². The molecule has 0 fully saturated rings. The van der Waals surface area contributed by atoms with Crippen molar-refractivity contribution < 1.29 is 27.8 Å². The Morgan fingerprint density at radius 3 is 2.31 bits per heavy atom. The summed E-state index contributed by atoms with van der Waals surface area (Å²) in [4.78, 5) is 11.4. The van der Waals surface area contributed by atoms with Crippen molar-refractivity contribution in [3.63, 3.8) is 0 Å². The van der Waals surface area contributed by atoms with Crippen LogP contribution in [0.4, 0.5) is 13.2 Å². The molecule has 0 heterocycles. The first kappa shape index (κ1) is 25.4. The topological polar surface area (TPSA) is 82.6 Å². The predicted octanol–water partition coefficient (Wildman–Crippen LogP) is 2.63. The molecule has 0 aliphatic carbocycles. The number of aliphatic carboxylic acids is 1. The second-order valence-corrected chi connectivity index (χ2v) is 6.69. The molecule has 1 atom stereocenters. The minimum Gasteiger partial charge on any atom is -0.480 e. The Bertz CT molecular complexity index is 568. The number of nitrogens with one attached hydrogen (secondary N) is 3. The van der Waals surface area contributed by atoms with Gasteiger partial charge in [0.25, 0.3) is 0 Å². The zero-order valence-corrected chi connectivity index (χ0v) is 16.9. The van der Waals surface area contributed by atoms with Crippen molar-refractivity contribution >= 4 is 5.97 Å². The van der Waals surface area contributed by atoms with E-state index >= 15 is 0 Å². The van der Waals surface area contributed by atoms with Crippen molar-refractivity contribution in [1.82, 2.24) is 16.0 Å². The third-order valence-corrected chi connectivity index (χ3v) is 4.33. The van der Waals surface area contributed by atoms with E-state index in [9.17, 15) is 23.1 Å². The maximum atomic E-state index is 12.6. The molecule has 4 N–H and O–H groups in total. The average molecular weight is 419 g/mol. The highest BCUT2D eigenvalue weighted by molar-refractivity contribution is 5.73. The Labute approximate surface area is 170 Å². The highest BCUT2D eigenvalue weighted by Crippen LogP contribution is 2.29. The fourth-order valence-corrected chi connectivity index (χ4v) is 2.69. The van der Waals surface area contributed by atoms with E-state index in [-0.39, 0.29) is 6.42 Å². The van der Waals surface area contributed by atoms with Crippen molar-refractivity contribution in [3.05, 3.63) is 35.4 Å². The highest BCUT2D eigenvalue weighted by Gasteiger charge is 2.30. The predicted molar refractivity (Wildman–Crippen MR) is 106 cm³/mol. The quantitative estimate of drug-likeness (QED) is 0.244. The number of carboxylic acid groups (broad SMARTS) is 1. The summed E-state index contributed by atoms with van der Waals surface area (Å²) in [6.45, 7) is 6.34. The van der Waals surface area contributed by atoms with Gasteiger partial charge in [0.1, 0.15) is 6.04 Å². The van der Waals surface area contributed by atoms with Gasteiger partial charge in [-0.05, 0) is 57.0 Å². The number of hydrogen-bond acceptors (Lipinski definition) is 5. The van der Waals surface area contributed by atoms with Gasteiger partial charge in [-0.25, -0.2) is 0 Å². The Morgan fingerprint density at radius 2 is 1.69 bits per heavy atom. The van der Waals surface area contributed by atoms with Gasteiger partial charge in [0.2, 0.25) is 0 Å². The molecule has 0 amide bonds. The highest BCUT2D eigenvalue weighted by atomic mass is 19.4. The Morgan fingerprint density at radius 1 is 1.03 bits per heavy atom. The summed E-state index contributed by atoms with van der Waals surface area (Å²) in [7, 11) is 0. The van der Waals surface area contributed by atoms with Crippen molar-refractivity contribution in [2.75, 3.05) is 39.5 Å². The second-order valence-electron chi connectivity index (χ2n) is 6.69. The lowest BCUT2D eigenvalue weighted by molar-refractivity contribution is -0.140. The van der Waals surface area contributed by atoms with Gasteiger partial charge < -0.3 is 20.5 Å². The van der Waals surface area contributed by atoms with E-state index in [1.165, 1.54) is 12.1 Å². The average Bonchev–Trinajstić information content (AvgIpc) is 2.67. The molecule has 0 aliphatic rings. The number of hydrogen-bond donors (Lipinski definition) is 4. The van der Waals surface area contributed by atoms with Gasteiger partial charge in [0.05, 0.1) is 12.3 Å². The number of unbranched alkanes of at least 4 members (excludes halogenated alkanes) is 2. The second kappa shape index (κ2) is 14.3. The molecule has 1 unspecified atom stereocenters. The largest absolute Gasteiger partial charge is 0.480 e. The van der Waals surface area contributed by atoms with Crippen LogP contribution in [0.5, 0.6) is 0 Å². The van der Waals surface area contributed by atoms with Crippen LogP contribution in [-0.4, -0.2) is 56.6 Å². The monoisotopic (exact) mass is 419 g/mol. The molecule has 0 aromatic heterocycles. The van der Waals surface area contributed by atoms with Crippen LogP contribution in [-0.2, 0) is 22.1 Å². The van der Waals surface area contributed by atoms with Crippen LogP contribution in [0.25, 0.3) is 0 Å². The Hall–Kier alpha value is -1.68. The molecule has 0 aliphatic heterocycles. The first-order valence-electron chi connectivity index (χ1n) is 9.96. The zero-order valence-electron chi connectivity index (χ0n) is 16.9. The molecular weight excluding hydrogens is 387 g/mol. The number of ether oxygens (including phenoxy) is 1. The summed E-state index contributed by atoms with van der Waals surface area (Å²) in [6, 6.07) is 3.80. The van der Waals surface area contributed by atoms with Gasteiger partial charge in [-0.15, -0.1) is 0 Å². The lowest BCUT2D eigenvalue weighted by Crippen LogP contribution is -2.39. The summed E-state index contributed by atoms with van der Waals surface area (Å²) in [5.41, 5.74) is -0.181. The van der Waals surface area contributed by atoms with E-state index in [1.807, 2.05) is 6.92 Å². The maximum Gasteiger partial charge on any atom is 0.416 e. The minimum atomic E-state index is -4.39. The summed E-state index contributed by atoms with van der Waals surface area (Å²) >= 11 is 0. The number of alkyl halides is 3. The Kier molecular flexibility index (Phi) is 12.5. The summed E-state index contributed by atoms with van der Waals surface area (Å²) < 4.78 is 42.9. The number of carbonyl (C=O) groups is 1. The molecule has 1 aromatic rings. The van der Waals surface area contributed by atoms with E-state index in [2.05, 4.69) is 16.0 Å². The van der Waals surface area contributed by atoms with Crippen LogP contribution in [0.2, 0.25) is 0 Å². The van der Waals surface area contributed by atoms with Crippen LogP contribution >= 0.6 is 0 Å². The standard InChI is InChI=1S/C20H32F3N3O3/c1-2-29-15-25-13-12-24-10-4-3-5-11-26-18(19(27)28)14-16-6-8-17(9-7-16)20(21,22)23/h6-9,18,24-26H,2-5,10-15H2,1H3,(H,27,28). The van der Waals surface area contributed by atoms with Crippen LogP contribution in [0.15, 0.2) is 24.3 Å². The van der Waals surface area contributed by atoms with Crippen LogP contribution in [0.3, 0.4) is 0 Å². The molecule has 0 spiro atoms. The normalized spacial score (nSPS) is 12.8. The first-order valence-corrected chi connectivity index (χ1v) is 9.96. The first-order chi connectivity index (χ1) is 13.8. The fourth-order valence-electron chi connectivity index (χ4n) is 2.69.